The quantitative estimate of drug-likeness (QED) is 0.0766. The van der Waals surface area contributed by atoms with Gasteiger partial charge in [0, 0.05) is 29.2 Å². The van der Waals surface area contributed by atoms with Crippen LogP contribution in [0.2, 0.25) is 0 Å². The van der Waals surface area contributed by atoms with Crippen molar-refractivity contribution in [3.05, 3.63) is 47.6 Å². The molecule has 4 aliphatic rings. The maximum absolute atomic E-state index is 13.1. The van der Waals surface area contributed by atoms with Gasteiger partial charge >= 0.3 is 5.97 Å². The fraction of sp³-hybridized carbons (Fsp3) is 0.706. The van der Waals surface area contributed by atoms with Crippen molar-refractivity contribution in [2.75, 3.05) is 6.61 Å². The lowest BCUT2D eigenvalue weighted by Crippen LogP contribution is -2.64. The zero-order chi connectivity index (χ0) is 31.1. The molecule has 4 rings (SSSR count). The van der Waals surface area contributed by atoms with Crippen molar-refractivity contribution in [3.63, 3.8) is 0 Å². The second kappa shape index (κ2) is 12.1. The normalized spacial score (nSPS) is 39.3. The van der Waals surface area contributed by atoms with E-state index in [0.29, 0.717) is 12.8 Å². The monoisotopic (exact) mass is 586 g/mol. The van der Waals surface area contributed by atoms with Crippen LogP contribution in [0.4, 0.5) is 0 Å². The first kappa shape index (κ1) is 32.8. The predicted octanol–water partition coefficient (Wildman–Crippen LogP) is 3.70. The highest BCUT2D eigenvalue weighted by Crippen LogP contribution is 2.76. The number of fused-ring (bicyclic) bond motifs is 5. The number of carbonyl (C=O) groups is 2. The minimum Gasteiger partial charge on any atom is -0.455 e. The Morgan fingerprint density at radius 2 is 1.79 bits per heavy atom. The van der Waals surface area contributed by atoms with Crippen molar-refractivity contribution in [1.82, 2.24) is 0 Å². The third-order valence-electron chi connectivity index (χ3n) is 10.8. The van der Waals surface area contributed by atoms with Gasteiger partial charge in [-0.3, -0.25) is 4.79 Å². The standard InChI is InChI=1S/C34H50O8/c1-6-7-8-9-10-11-14-24(36)15-12-13-16-27(37)42-32-19-22(3)33(40)25(28(32)31(32,4)5)18-23(20-35)30(39)34(41)26(33)17-21(2)29(34)38/h12-13,15-18,22,24-26,28,30,35-36,39-41H,6-11,14,19-20H2,1-5H3/b15-12+,16-13+/t22-,24?,25+,26+,28-,30-,32+,33-,34-/m1/s1. The van der Waals surface area contributed by atoms with Gasteiger partial charge < -0.3 is 30.3 Å². The van der Waals surface area contributed by atoms with Gasteiger partial charge in [0.15, 0.2) is 11.4 Å². The van der Waals surface area contributed by atoms with Crippen molar-refractivity contribution < 1.29 is 39.9 Å². The van der Waals surface area contributed by atoms with Gasteiger partial charge in [0.25, 0.3) is 0 Å². The molecule has 0 radical (unpaired) electrons. The highest BCUT2D eigenvalue weighted by atomic mass is 16.6. The molecule has 2 saturated carbocycles. The van der Waals surface area contributed by atoms with Crippen LogP contribution in [0.25, 0.3) is 0 Å². The molecule has 5 N–H and O–H groups in total. The van der Waals surface area contributed by atoms with Gasteiger partial charge in [-0.2, -0.15) is 0 Å². The number of allylic oxidation sites excluding steroid dienone is 2. The summed E-state index contributed by atoms with van der Waals surface area (Å²) in [5.41, 5.74) is -5.07. The second-order valence-electron chi connectivity index (χ2n) is 13.7. The summed E-state index contributed by atoms with van der Waals surface area (Å²) in [6.07, 6.45) is 15.0. The number of aliphatic hydroxyl groups is 5. The Labute approximate surface area is 249 Å². The first-order valence-corrected chi connectivity index (χ1v) is 15.7. The number of carbonyl (C=O) groups excluding carboxylic acids is 2. The molecule has 0 aliphatic heterocycles. The maximum Gasteiger partial charge on any atom is 0.331 e. The summed E-state index contributed by atoms with van der Waals surface area (Å²) in [7, 11) is 0. The summed E-state index contributed by atoms with van der Waals surface area (Å²) in [5, 5.41) is 55.5. The highest BCUT2D eigenvalue weighted by Gasteiger charge is 2.83. The third kappa shape index (κ3) is 5.17. The van der Waals surface area contributed by atoms with Crippen molar-refractivity contribution in [2.24, 2.45) is 29.1 Å². The highest BCUT2D eigenvalue weighted by molar-refractivity contribution is 6.05. The van der Waals surface area contributed by atoms with Gasteiger partial charge in [0.05, 0.1) is 18.3 Å². The van der Waals surface area contributed by atoms with E-state index in [4.69, 9.17) is 4.74 Å². The largest absolute Gasteiger partial charge is 0.455 e. The van der Waals surface area contributed by atoms with E-state index < -0.39 is 70.5 Å². The first-order chi connectivity index (χ1) is 19.7. The van der Waals surface area contributed by atoms with Crippen LogP contribution in [0, 0.1) is 29.1 Å². The Kier molecular flexibility index (Phi) is 9.47. The number of rotatable bonds is 12. The van der Waals surface area contributed by atoms with Crippen LogP contribution < -0.4 is 0 Å². The fourth-order valence-electron chi connectivity index (χ4n) is 8.38. The number of ketones is 1. The zero-order valence-electron chi connectivity index (χ0n) is 25.8. The van der Waals surface area contributed by atoms with E-state index >= 15 is 0 Å². The van der Waals surface area contributed by atoms with E-state index in [1.807, 2.05) is 20.8 Å². The van der Waals surface area contributed by atoms with Gasteiger partial charge in [0.2, 0.25) is 0 Å². The van der Waals surface area contributed by atoms with Crippen LogP contribution >= 0.6 is 0 Å². The average molecular weight is 587 g/mol. The maximum atomic E-state index is 13.1. The number of esters is 1. The Hall–Kier alpha value is -2.10. The molecule has 42 heavy (non-hydrogen) atoms. The number of unbranched alkanes of at least 4 members (excludes halogenated alkanes) is 5. The summed E-state index contributed by atoms with van der Waals surface area (Å²) in [6, 6.07) is 0. The summed E-state index contributed by atoms with van der Waals surface area (Å²) >= 11 is 0. The molecule has 8 heteroatoms. The van der Waals surface area contributed by atoms with E-state index in [1.54, 1.807) is 37.3 Å². The Morgan fingerprint density at radius 3 is 2.45 bits per heavy atom. The zero-order valence-corrected chi connectivity index (χ0v) is 25.8. The Balaban J connectivity index is 1.49. The summed E-state index contributed by atoms with van der Waals surface area (Å²) in [5.74, 6) is -3.89. The van der Waals surface area contributed by atoms with Gasteiger partial charge in [0.1, 0.15) is 11.7 Å². The molecule has 0 aromatic rings. The van der Waals surface area contributed by atoms with Crippen molar-refractivity contribution in [2.45, 2.75) is 115 Å². The van der Waals surface area contributed by atoms with E-state index in [0.717, 1.165) is 12.8 Å². The van der Waals surface area contributed by atoms with Crippen molar-refractivity contribution in [3.8, 4) is 0 Å². The lowest BCUT2D eigenvalue weighted by molar-refractivity contribution is -0.196. The smallest absolute Gasteiger partial charge is 0.331 e. The molecular formula is C34H50O8. The van der Waals surface area contributed by atoms with Crippen molar-refractivity contribution in [1.29, 1.82) is 0 Å². The van der Waals surface area contributed by atoms with Gasteiger partial charge in [-0.05, 0) is 36.8 Å². The van der Waals surface area contributed by atoms with E-state index in [9.17, 15) is 35.1 Å². The minimum absolute atomic E-state index is 0.0708. The second-order valence-corrected chi connectivity index (χ2v) is 13.7. The molecule has 1 unspecified atom stereocenters. The number of ether oxygens (including phenoxy) is 1. The molecule has 9 atom stereocenters. The number of aliphatic hydroxyl groups excluding tert-OH is 3. The van der Waals surface area contributed by atoms with Crippen LogP contribution in [0.5, 0.6) is 0 Å². The summed E-state index contributed by atoms with van der Waals surface area (Å²) in [6.45, 7) is 8.89. The van der Waals surface area contributed by atoms with E-state index in [2.05, 4.69) is 6.92 Å². The molecule has 4 aliphatic carbocycles. The topological polar surface area (TPSA) is 145 Å². The van der Waals surface area contributed by atoms with Gasteiger partial charge in [-0.1, -0.05) is 96.6 Å². The third-order valence-corrected chi connectivity index (χ3v) is 10.8. The molecule has 0 amide bonds. The average Bonchev–Trinajstić information content (AvgIpc) is 3.32. The minimum atomic E-state index is -2.29. The molecule has 0 aromatic carbocycles. The van der Waals surface area contributed by atoms with Crippen molar-refractivity contribution >= 4 is 11.8 Å². The predicted molar refractivity (Wildman–Crippen MR) is 159 cm³/mol. The van der Waals surface area contributed by atoms with Gasteiger partial charge in [-0.15, -0.1) is 0 Å². The van der Waals surface area contributed by atoms with Crippen LogP contribution in [0.15, 0.2) is 47.6 Å². The van der Waals surface area contributed by atoms with Crippen LogP contribution in [0.1, 0.15) is 86.0 Å². The molecule has 234 valence electrons. The summed E-state index contributed by atoms with van der Waals surface area (Å²) < 4.78 is 6.13. The molecule has 8 nitrogen and oxygen atoms in total. The number of Topliss-reactive ketones (excluding diaryl/α,β-unsaturated/α-hetero) is 1. The van der Waals surface area contributed by atoms with E-state index in [1.165, 1.54) is 31.8 Å². The summed E-state index contributed by atoms with van der Waals surface area (Å²) in [4.78, 5) is 26.1. The number of hydrogen-bond acceptors (Lipinski definition) is 8. The van der Waals surface area contributed by atoms with Crippen LogP contribution in [-0.4, -0.2) is 72.9 Å². The molecule has 2 fully saturated rings. The van der Waals surface area contributed by atoms with Gasteiger partial charge in [-0.25, -0.2) is 4.79 Å². The molecular weight excluding hydrogens is 536 g/mol. The SMILES string of the molecule is CCCCCCCCC(O)/C=C/C=C/C(=O)O[C@@]12C[C@@H](C)[C@]3(O)[C@@H]4C=C(C)C(=O)[C@@]4(O)[C@H](O)C(CO)=C[C@H]3[C@@H]1C2(C)C. The lowest BCUT2D eigenvalue weighted by Gasteiger charge is -2.50. The molecule has 0 bridgehead atoms. The number of hydrogen-bond donors (Lipinski definition) is 5. The fourth-order valence-corrected chi connectivity index (χ4v) is 8.38. The molecule has 0 aromatic heterocycles. The first-order valence-electron chi connectivity index (χ1n) is 15.7. The molecule has 0 heterocycles. The molecule has 0 saturated heterocycles. The van der Waals surface area contributed by atoms with Crippen LogP contribution in [0.3, 0.4) is 0 Å². The van der Waals surface area contributed by atoms with Crippen LogP contribution in [-0.2, 0) is 14.3 Å². The lowest BCUT2D eigenvalue weighted by atomic mass is 9.59. The Bertz CT molecular complexity index is 1170. The van der Waals surface area contributed by atoms with E-state index in [-0.39, 0.29) is 17.1 Å². The Morgan fingerprint density at radius 1 is 1.12 bits per heavy atom. The molecule has 0 spiro atoms.